The van der Waals surface area contributed by atoms with Crippen LogP contribution in [0, 0.1) is 17.3 Å². The van der Waals surface area contributed by atoms with Crippen LogP contribution in [0.1, 0.15) is 46.0 Å². The van der Waals surface area contributed by atoms with Crippen molar-refractivity contribution in [1.29, 1.82) is 0 Å². The number of allylic oxidation sites excluding steroid dienone is 2. The second kappa shape index (κ2) is 8.16. The highest BCUT2D eigenvalue weighted by Crippen LogP contribution is 2.54. The monoisotopic (exact) mass is 425 g/mol. The number of rotatable bonds is 4. The minimum absolute atomic E-state index is 0.0598. The van der Waals surface area contributed by atoms with E-state index in [0.717, 1.165) is 51.3 Å². The summed E-state index contributed by atoms with van der Waals surface area (Å²) in [4.78, 5) is 16.9. The van der Waals surface area contributed by atoms with Gasteiger partial charge in [-0.1, -0.05) is 30.2 Å². The van der Waals surface area contributed by atoms with E-state index in [4.69, 9.17) is 9.47 Å². The molecule has 0 aromatic heterocycles. The van der Waals surface area contributed by atoms with Gasteiger partial charge in [0, 0.05) is 5.92 Å². The Hall–Kier alpha value is -2.01. The molecule has 0 unspecified atom stereocenters. The summed E-state index contributed by atoms with van der Waals surface area (Å²) in [6.45, 7) is 9.74. The largest absolute Gasteiger partial charge is 0.495 e. The van der Waals surface area contributed by atoms with E-state index in [9.17, 15) is 4.79 Å². The number of esters is 1. The molecule has 4 aliphatic rings. The maximum absolute atomic E-state index is 12.9. The van der Waals surface area contributed by atoms with Crippen LogP contribution in [0.25, 0.3) is 0 Å². The first-order valence-corrected chi connectivity index (χ1v) is 12.1. The third-order valence-electron chi connectivity index (χ3n) is 8.59. The first kappa shape index (κ1) is 20.9. The van der Waals surface area contributed by atoms with Crippen LogP contribution in [0.15, 0.2) is 35.4 Å². The first-order chi connectivity index (χ1) is 15.0. The lowest BCUT2D eigenvalue weighted by atomic mass is 9.59. The van der Waals surface area contributed by atoms with E-state index in [-0.39, 0.29) is 23.4 Å². The van der Waals surface area contributed by atoms with Gasteiger partial charge in [-0.2, -0.15) is 0 Å². The second-order valence-corrected chi connectivity index (χ2v) is 10.4. The number of nitrogens with one attached hydrogen (secondary N) is 1. The number of hydrogen-bond acceptors (Lipinski definition) is 4. The zero-order valence-electron chi connectivity index (χ0n) is 19.3. The van der Waals surface area contributed by atoms with E-state index in [1.165, 1.54) is 29.8 Å². The Kier molecular flexibility index (Phi) is 5.49. The maximum Gasteiger partial charge on any atom is 0.315 e. The Morgan fingerprint density at radius 2 is 2.03 bits per heavy atom. The quantitative estimate of drug-likeness (QED) is 0.595. The summed E-state index contributed by atoms with van der Waals surface area (Å²) in [7, 11) is 1.74. The molecule has 168 valence electrons. The SMILES string of the molecule is COc1ccccc1N1CC[NH+](C[C@@H]2C(=O)O[C@@H]3C[C@@]4(C)CCCC(C)=C4C[C@H]23)CC1. The molecule has 0 spiro atoms. The van der Waals surface area contributed by atoms with Gasteiger partial charge in [0.2, 0.25) is 0 Å². The molecule has 2 saturated heterocycles. The summed E-state index contributed by atoms with van der Waals surface area (Å²) < 4.78 is 11.5. The van der Waals surface area contributed by atoms with Gasteiger partial charge in [0.15, 0.2) is 0 Å². The molecule has 31 heavy (non-hydrogen) atoms. The molecule has 0 amide bonds. The lowest BCUT2D eigenvalue weighted by Crippen LogP contribution is -3.15. The van der Waals surface area contributed by atoms with Crippen LogP contribution in [-0.2, 0) is 9.53 Å². The molecule has 5 heteroatoms. The number of quaternary nitrogens is 1. The minimum atomic E-state index is 0.0598. The number of anilines is 1. The van der Waals surface area contributed by atoms with Gasteiger partial charge >= 0.3 is 5.97 Å². The second-order valence-electron chi connectivity index (χ2n) is 10.4. The number of piperazine rings is 1. The van der Waals surface area contributed by atoms with Crippen molar-refractivity contribution in [2.45, 2.75) is 52.1 Å². The summed E-state index contributed by atoms with van der Waals surface area (Å²) in [5, 5.41) is 0. The van der Waals surface area contributed by atoms with E-state index in [2.05, 4.69) is 30.9 Å². The number of para-hydroxylation sites is 2. The van der Waals surface area contributed by atoms with Crippen molar-refractivity contribution in [3.63, 3.8) is 0 Å². The number of ether oxygens (including phenoxy) is 2. The third kappa shape index (κ3) is 3.75. The maximum atomic E-state index is 12.9. The molecule has 3 fully saturated rings. The number of benzene rings is 1. The van der Waals surface area contributed by atoms with Crippen molar-refractivity contribution >= 4 is 11.7 Å². The molecular formula is C26H37N2O3+. The zero-order valence-corrected chi connectivity index (χ0v) is 19.3. The van der Waals surface area contributed by atoms with E-state index < -0.39 is 0 Å². The van der Waals surface area contributed by atoms with Gasteiger partial charge < -0.3 is 19.3 Å². The Morgan fingerprint density at radius 3 is 2.81 bits per heavy atom. The molecule has 1 saturated carbocycles. The highest BCUT2D eigenvalue weighted by Gasteiger charge is 2.54. The zero-order chi connectivity index (χ0) is 21.6. The van der Waals surface area contributed by atoms with Crippen LogP contribution < -0.4 is 14.5 Å². The molecule has 2 aliphatic carbocycles. The van der Waals surface area contributed by atoms with E-state index in [1.807, 2.05) is 12.1 Å². The minimum Gasteiger partial charge on any atom is -0.495 e. The Bertz CT molecular complexity index is 873. The van der Waals surface area contributed by atoms with E-state index in [1.54, 1.807) is 18.3 Å². The summed E-state index contributed by atoms with van der Waals surface area (Å²) in [6.07, 6.45) is 6.00. The molecule has 1 aromatic rings. The van der Waals surface area contributed by atoms with Gasteiger partial charge in [-0.3, -0.25) is 4.79 Å². The van der Waals surface area contributed by atoms with Crippen molar-refractivity contribution in [1.82, 2.24) is 0 Å². The van der Waals surface area contributed by atoms with Gasteiger partial charge in [0.25, 0.3) is 0 Å². The number of fused-ring (bicyclic) bond motifs is 2. The van der Waals surface area contributed by atoms with Crippen molar-refractivity contribution in [2.75, 3.05) is 44.7 Å². The average Bonchev–Trinajstić information content (AvgIpc) is 3.06. The molecule has 5 nitrogen and oxygen atoms in total. The molecule has 4 atom stereocenters. The predicted octanol–water partition coefficient (Wildman–Crippen LogP) is 2.86. The lowest BCUT2D eigenvalue weighted by molar-refractivity contribution is -0.903. The highest BCUT2D eigenvalue weighted by molar-refractivity contribution is 5.75. The Labute approximate surface area is 186 Å². The predicted molar refractivity (Wildman–Crippen MR) is 122 cm³/mol. The van der Waals surface area contributed by atoms with Crippen molar-refractivity contribution in [2.24, 2.45) is 17.3 Å². The van der Waals surface area contributed by atoms with Gasteiger partial charge in [-0.05, 0) is 56.6 Å². The molecule has 5 rings (SSSR count). The number of methoxy groups -OCH3 is 1. The van der Waals surface area contributed by atoms with Crippen LogP contribution in [-0.4, -0.2) is 51.9 Å². The fourth-order valence-corrected chi connectivity index (χ4v) is 6.82. The molecule has 2 heterocycles. The van der Waals surface area contributed by atoms with Crippen LogP contribution >= 0.6 is 0 Å². The summed E-state index contributed by atoms with van der Waals surface area (Å²) >= 11 is 0. The Morgan fingerprint density at radius 1 is 1.26 bits per heavy atom. The smallest absolute Gasteiger partial charge is 0.315 e. The summed E-state index contributed by atoms with van der Waals surface area (Å²) in [6, 6.07) is 8.26. The summed E-state index contributed by atoms with van der Waals surface area (Å²) in [5.41, 5.74) is 4.67. The van der Waals surface area contributed by atoms with Crippen molar-refractivity contribution in [3.05, 3.63) is 35.4 Å². The van der Waals surface area contributed by atoms with Crippen LogP contribution in [0.2, 0.25) is 0 Å². The Balaban J connectivity index is 1.25. The van der Waals surface area contributed by atoms with Crippen LogP contribution in [0.4, 0.5) is 5.69 Å². The van der Waals surface area contributed by atoms with Gasteiger partial charge in [-0.25, -0.2) is 0 Å². The highest BCUT2D eigenvalue weighted by atomic mass is 16.6. The van der Waals surface area contributed by atoms with Crippen LogP contribution in [0.3, 0.4) is 0 Å². The topological polar surface area (TPSA) is 43.2 Å². The standard InChI is InChI=1S/C26H36N2O3/c1-18-7-6-10-26(2)16-24-19(15-21(18)26)20(25(29)31-24)17-27-11-13-28(14-12-27)22-8-4-5-9-23(22)30-3/h4-5,8-9,19-20,24H,6-7,10-17H2,1-3H3/p+1/t19-,20+,24-,26-/m1/s1. The van der Waals surface area contributed by atoms with Crippen LogP contribution in [0.5, 0.6) is 5.75 Å². The number of hydrogen-bond donors (Lipinski definition) is 1. The normalized spacial score (nSPS) is 33.7. The van der Waals surface area contributed by atoms with Gasteiger partial charge in [-0.15, -0.1) is 0 Å². The van der Waals surface area contributed by atoms with E-state index >= 15 is 0 Å². The summed E-state index contributed by atoms with van der Waals surface area (Å²) in [5.74, 6) is 1.44. The molecule has 0 radical (unpaired) electrons. The van der Waals surface area contributed by atoms with Crippen molar-refractivity contribution < 1.29 is 19.2 Å². The van der Waals surface area contributed by atoms with E-state index in [0.29, 0.717) is 5.92 Å². The lowest BCUT2D eigenvalue weighted by Gasteiger charge is -2.45. The van der Waals surface area contributed by atoms with Crippen molar-refractivity contribution in [3.8, 4) is 5.75 Å². The fourth-order valence-electron chi connectivity index (χ4n) is 6.82. The fraction of sp³-hybridized carbons (Fsp3) is 0.654. The number of carbonyl (C=O) groups excluding carboxylic acids is 1. The molecule has 0 bridgehead atoms. The number of nitrogens with zero attached hydrogens (tertiary/aromatic N) is 1. The molecule has 1 aromatic carbocycles. The third-order valence-corrected chi connectivity index (χ3v) is 8.59. The number of carbonyl (C=O) groups is 1. The molecular weight excluding hydrogens is 388 g/mol. The molecule has 1 N–H and O–H groups in total. The van der Waals surface area contributed by atoms with Gasteiger partial charge in [0.1, 0.15) is 17.8 Å². The van der Waals surface area contributed by atoms with Gasteiger partial charge in [0.05, 0.1) is 45.5 Å². The first-order valence-electron chi connectivity index (χ1n) is 12.1. The average molecular weight is 426 g/mol. The molecule has 2 aliphatic heterocycles.